The predicted octanol–water partition coefficient (Wildman–Crippen LogP) is 2.20. The van der Waals surface area contributed by atoms with Gasteiger partial charge in [0.15, 0.2) is 0 Å². The molecule has 1 aliphatic carbocycles. The van der Waals surface area contributed by atoms with Crippen LogP contribution < -0.4 is 10.6 Å². The molecule has 1 aromatic heterocycles. The van der Waals surface area contributed by atoms with Gasteiger partial charge in [-0.3, -0.25) is 14.9 Å². The molecule has 21 heavy (non-hydrogen) atoms. The Labute approximate surface area is 123 Å². The number of hydrogen-bond donors (Lipinski definition) is 2. The van der Waals surface area contributed by atoms with E-state index in [9.17, 15) is 14.9 Å². The van der Waals surface area contributed by atoms with Gasteiger partial charge in [-0.05, 0) is 31.6 Å². The van der Waals surface area contributed by atoms with Crippen molar-refractivity contribution in [2.75, 3.05) is 18.4 Å². The van der Waals surface area contributed by atoms with E-state index >= 15 is 0 Å². The Morgan fingerprint density at radius 3 is 2.86 bits per heavy atom. The number of rotatable bonds is 7. The molecule has 114 valence electrons. The van der Waals surface area contributed by atoms with Gasteiger partial charge in [-0.15, -0.1) is 0 Å². The summed E-state index contributed by atoms with van der Waals surface area (Å²) in [6.45, 7) is 5.15. The van der Waals surface area contributed by atoms with Crippen molar-refractivity contribution in [2.45, 2.75) is 26.7 Å². The molecule has 0 radical (unpaired) electrons. The molecule has 0 spiro atoms. The van der Waals surface area contributed by atoms with Crippen LogP contribution in [0.4, 0.5) is 11.5 Å². The highest BCUT2D eigenvalue weighted by molar-refractivity contribution is 5.98. The number of nitrogens with zero attached hydrogens (tertiary/aromatic N) is 2. The van der Waals surface area contributed by atoms with Crippen molar-refractivity contribution in [1.82, 2.24) is 10.3 Å². The standard InChI is InChI=1S/C14H20N4O3/c1-3-15-13-6-11(12(8-16-13)18(20)21)14(19)17-7-9(2)10-4-5-10/h6,8-10H,3-5,7H2,1-2H3,(H,15,16)(H,17,19). The third kappa shape index (κ3) is 3.90. The summed E-state index contributed by atoms with van der Waals surface area (Å²) in [6, 6.07) is 1.43. The number of amides is 1. The fourth-order valence-electron chi connectivity index (χ4n) is 2.23. The van der Waals surface area contributed by atoms with Crippen LogP contribution in [0.2, 0.25) is 0 Å². The largest absolute Gasteiger partial charge is 0.370 e. The van der Waals surface area contributed by atoms with Gasteiger partial charge in [0, 0.05) is 19.2 Å². The number of carbonyl (C=O) groups is 1. The number of nitrogens with one attached hydrogen (secondary N) is 2. The summed E-state index contributed by atoms with van der Waals surface area (Å²) in [7, 11) is 0. The van der Waals surface area contributed by atoms with Crippen molar-refractivity contribution in [3.05, 3.63) is 27.9 Å². The highest BCUT2D eigenvalue weighted by Gasteiger charge is 2.29. The van der Waals surface area contributed by atoms with E-state index in [2.05, 4.69) is 22.5 Å². The van der Waals surface area contributed by atoms with Gasteiger partial charge in [0.25, 0.3) is 11.6 Å². The molecule has 2 rings (SSSR count). The average molecular weight is 292 g/mol. The van der Waals surface area contributed by atoms with Gasteiger partial charge in [-0.1, -0.05) is 6.92 Å². The summed E-state index contributed by atoms with van der Waals surface area (Å²) >= 11 is 0. The zero-order chi connectivity index (χ0) is 15.4. The maximum atomic E-state index is 12.2. The van der Waals surface area contributed by atoms with Gasteiger partial charge in [-0.2, -0.15) is 0 Å². The Bertz CT molecular complexity index is 543. The van der Waals surface area contributed by atoms with Crippen molar-refractivity contribution in [3.8, 4) is 0 Å². The lowest BCUT2D eigenvalue weighted by atomic mass is 10.1. The van der Waals surface area contributed by atoms with Crippen molar-refractivity contribution in [3.63, 3.8) is 0 Å². The fourth-order valence-corrected chi connectivity index (χ4v) is 2.23. The molecule has 0 bridgehead atoms. The Morgan fingerprint density at radius 2 is 2.29 bits per heavy atom. The molecular formula is C14H20N4O3. The van der Waals surface area contributed by atoms with Crippen LogP contribution in [-0.2, 0) is 0 Å². The van der Waals surface area contributed by atoms with E-state index < -0.39 is 10.8 Å². The molecule has 1 aliphatic rings. The highest BCUT2D eigenvalue weighted by Crippen LogP contribution is 2.36. The van der Waals surface area contributed by atoms with E-state index in [1.807, 2.05) is 6.92 Å². The van der Waals surface area contributed by atoms with E-state index in [-0.39, 0.29) is 11.3 Å². The van der Waals surface area contributed by atoms with E-state index in [1.54, 1.807) is 0 Å². The first-order chi connectivity index (χ1) is 10.0. The molecule has 7 nitrogen and oxygen atoms in total. The zero-order valence-corrected chi connectivity index (χ0v) is 12.3. The maximum Gasteiger partial charge on any atom is 0.300 e. The summed E-state index contributed by atoms with van der Waals surface area (Å²) in [6.07, 6.45) is 3.53. The first-order valence-corrected chi connectivity index (χ1v) is 7.19. The van der Waals surface area contributed by atoms with Gasteiger partial charge < -0.3 is 10.6 Å². The average Bonchev–Trinajstić information content (AvgIpc) is 3.29. The monoisotopic (exact) mass is 292 g/mol. The first-order valence-electron chi connectivity index (χ1n) is 7.19. The molecule has 0 aliphatic heterocycles. The lowest BCUT2D eigenvalue weighted by Gasteiger charge is -2.12. The number of aromatic nitrogens is 1. The Morgan fingerprint density at radius 1 is 1.57 bits per heavy atom. The van der Waals surface area contributed by atoms with Gasteiger partial charge in [-0.25, -0.2) is 4.98 Å². The minimum atomic E-state index is -0.581. The lowest BCUT2D eigenvalue weighted by molar-refractivity contribution is -0.385. The second-order valence-electron chi connectivity index (χ2n) is 5.40. The minimum Gasteiger partial charge on any atom is -0.370 e. The molecule has 1 atom stereocenters. The third-order valence-electron chi connectivity index (χ3n) is 3.69. The third-order valence-corrected chi connectivity index (χ3v) is 3.69. The van der Waals surface area contributed by atoms with Crippen LogP contribution >= 0.6 is 0 Å². The quantitative estimate of drug-likeness (QED) is 0.593. The van der Waals surface area contributed by atoms with Crippen LogP contribution in [-0.4, -0.2) is 28.9 Å². The Hall–Kier alpha value is -2.18. The molecule has 7 heteroatoms. The summed E-state index contributed by atoms with van der Waals surface area (Å²) < 4.78 is 0. The number of anilines is 1. The maximum absolute atomic E-state index is 12.2. The van der Waals surface area contributed by atoms with Gasteiger partial charge >= 0.3 is 0 Å². The number of pyridine rings is 1. The summed E-state index contributed by atoms with van der Waals surface area (Å²) in [4.78, 5) is 26.6. The van der Waals surface area contributed by atoms with Crippen LogP contribution in [0.5, 0.6) is 0 Å². The first kappa shape index (κ1) is 15.2. The van der Waals surface area contributed by atoms with E-state index in [0.717, 1.165) is 6.20 Å². The van der Waals surface area contributed by atoms with Crippen LogP contribution in [0.3, 0.4) is 0 Å². The van der Waals surface area contributed by atoms with Crippen molar-refractivity contribution < 1.29 is 9.72 Å². The summed E-state index contributed by atoms with van der Waals surface area (Å²) in [5, 5.41) is 16.8. The number of nitro groups is 1. The molecule has 1 aromatic rings. The molecule has 1 heterocycles. The molecule has 0 saturated heterocycles. The van der Waals surface area contributed by atoms with Crippen molar-refractivity contribution in [2.24, 2.45) is 11.8 Å². The fraction of sp³-hybridized carbons (Fsp3) is 0.571. The lowest BCUT2D eigenvalue weighted by Crippen LogP contribution is -2.29. The molecule has 0 aromatic carbocycles. The minimum absolute atomic E-state index is 0.0500. The SMILES string of the molecule is CCNc1cc(C(=O)NCC(C)C2CC2)c([N+](=O)[O-])cn1. The normalized spacial score (nSPS) is 15.3. The van der Waals surface area contributed by atoms with Gasteiger partial charge in [0.1, 0.15) is 17.6 Å². The smallest absolute Gasteiger partial charge is 0.300 e. The molecule has 1 fully saturated rings. The molecule has 2 N–H and O–H groups in total. The highest BCUT2D eigenvalue weighted by atomic mass is 16.6. The van der Waals surface area contributed by atoms with Crippen molar-refractivity contribution in [1.29, 1.82) is 0 Å². The van der Waals surface area contributed by atoms with E-state index in [1.165, 1.54) is 18.9 Å². The Balaban J connectivity index is 2.12. The van der Waals surface area contributed by atoms with Crippen LogP contribution in [0.1, 0.15) is 37.0 Å². The van der Waals surface area contributed by atoms with Crippen molar-refractivity contribution >= 4 is 17.4 Å². The second-order valence-corrected chi connectivity index (χ2v) is 5.40. The zero-order valence-electron chi connectivity index (χ0n) is 12.3. The number of hydrogen-bond acceptors (Lipinski definition) is 5. The van der Waals surface area contributed by atoms with Crippen LogP contribution in [0, 0.1) is 22.0 Å². The topological polar surface area (TPSA) is 97.2 Å². The second kappa shape index (κ2) is 6.51. The molecule has 1 amide bonds. The van der Waals surface area contributed by atoms with Gasteiger partial charge in [0.05, 0.1) is 4.92 Å². The van der Waals surface area contributed by atoms with Gasteiger partial charge in [0.2, 0.25) is 0 Å². The molecule has 1 saturated carbocycles. The predicted molar refractivity (Wildman–Crippen MR) is 79.3 cm³/mol. The Kier molecular flexibility index (Phi) is 4.72. The number of carbonyl (C=O) groups excluding carboxylic acids is 1. The van der Waals surface area contributed by atoms with Crippen LogP contribution in [0.15, 0.2) is 12.3 Å². The molecular weight excluding hydrogens is 272 g/mol. The van der Waals surface area contributed by atoms with Crippen LogP contribution in [0.25, 0.3) is 0 Å². The van der Waals surface area contributed by atoms with E-state index in [4.69, 9.17) is 0 Å². The molecule has 1 unspecified atom stereocenters. The summed E-state index contributed by atoms with van der Waals surface area (Å²) in [5.74, 6) is 1.12. The van der Waals surface area contributed by atoms with E-state index in [0.29, 0.717) is 30.7 Å². The summed E-state index contributed by atoms with van der Waals surface area (Å²) in [5.41, 5.74) is -0.220.